The van der Waals surface area contributed by atoms with Crippen molar-refractivity contribution in [3.05, 3.63) is 34.2 Å². The third-order valence-corrected chi connectivity index (χ3v) is 5.17. The van der Waals surface area contributed by atoms with Crippen molar-refractivity contribution < 1.29 is 14.6 Å². The molecule has 1 fully saturated rings. The molecule has 9 nitrogen and oxygen atoms in total. The molecule has 1 aliphatic heterocycles. The summed E-state index contributed by atoms with van der Waals surface area (Å²) in [6.07, 6.45) is -0.438. The molecule has 2 aromatic heterocycles. The Morgan fingerprint density at radius 3 is 2.67 bits per heavy atom. The van der Waals surface area contributed by atoms with Crippen LogP contribution in [0.15, 0.2) is 23.0 Å². The van der Waals surface area contributed by atoms with E-state index in [4.69, 9.17) is 4.74 Å². The number of aliphatic hydroxyl groups excluding tert-OH is 1. The third-order valence-electron chi connectivity index (χ3n) is 5.17. The lowest BCUT2D eigenvalue weighted by atomic mass is 10.1. The molecule has 0 saturated carbocycles. The van der Waals surface area contributed by atoms with Crippen LogP contribution in [0.3, 0.4) is 0 Å². The van der Waals surface area contributed by atoms with Gasteiger partial charge in [0.25, 0.3) is 5.56 Å². The number of nitrogens with zero attached hydrogens (tertiary/aromatic N) is 5. The van der Waals surface area contributed by atoms with Gasteiger partial charge in [0.2, 0.25) is 0 Å². The molecular formula is C21H27N5O4. The molecule has 30 heavy (non-hydrogen) atoms. The van der Waals surface area contributed by atoms with E-state index in [2.05, 4.69) is 4.98 Å². The highest BCUT2D eigenvalue weighted by Crippen LogP contribution is 2.29. The van der Waals surface area contributed by atoms with Crippen molar-refractivity contribution >= 4 is 22.8 Å². The number of fused-ring (bicyclic) bond motifs is 1. The second-order valence-electron chi connectivity index (χ2n) is 8.57. The van der Waals surface area contributed by atoms with Gasteiger partial charge in [0.05, 0.1) is 23.9 Å². The van der Waals surface area contributed by atoms with Crippen molar-refractivity contribution in [1.29, 1.82) is 5.26 Å². The summed E-state index contributed by atoms with van der Waals surface area (Å²) in [7, 11) is 1.65. The first-order valence-corrected chi connectivity index (χ1v) is 9.83. The van der Waals surface area contributed by atoms with E-state index in [1.807, 2.05) is 17.9 Å². The Kier molecular flexibility index (Phi) is 5.72. The van der Waals surface area contributed by atoms with Crippen LogP contribution in [-0.4, -0.2) is 63.0 Å². The highest BCUT2D eigenvalue weighted by molar-refractivity contribution is 5.89. The molecule has 9 heteroatoms. The van der Waals surface area contributed by atoms with E-state index < -0.39 is 17.7 Å². The highest BCUT2D eigenvalue weighted by atomic mass is 16.6. The summed E-state index contributed by atoms with van der Waals surface area (Å²) in [5.41, 5.74) is 1.04. The SMILES string of the molecule is C[C@@H]1CN(c2cc(=O)n(C)c3ccc(C#N)nc23)[C@@H](CO)CN1C(=O)OC(C)(C)C. The molecule has 3 rings (SSSR count). The van der Waals surface area contributed by atoms with E-state index in [1.165, 1.54) is 10.6 Å². The molecule has 1 N–H and O–H groups in total. The van der Waals surface area contributed by atoms with Gasteiger partial charge in [-0.3, -0.25) is 4.79 Å². The van der Waals surface area contributed by atoms with E-state index in [0.717, 1.165) is 0 Å². The monoisotopic (exact) mass is 413 g/mol. The summed E-state index contributed by atoms with van der Waals surface area (Å²) in [6, 6.07) is 6.09. The Hall–Kier alpha value is -3.12. The van der Waals surface area contributed by atoms with Crippen LogP contribution in [0.25, 0.3) is 11.0 Å². The molecule has 3 heterocycles. The maximum absolute atomic E-state index is 12.6. The molecule has 0 radical (unpaired) electrons. The van der Waals surface area contributed by atoms with E-state index in [-0.39, 0.29) is 30.4 Å². The van der Waals surface area contributed by atoms with E-state index in [0.29, 0.717) is 23.3 Å². The summed E-state index contributed by atoms with van der Waals surface area (Å²) < 4.78 is 6.98. The molecule has 0 bridgehead atoms. The molecule has 0 aromatic carbocycles. The van der Waals surface area contributed by atoms with Crippen molar-refractivity contribution in [3.63, 3.8) is 0 Å². The Balaban J connectivity index is 2.03. The molecule has 1 aliphatic rings. The number of aryl methyl sites for hydroxylation is 1. The van der Waals surface area contributed by atoms with Crippen molar-refractivity contribution in [2.75, 3.05) is 24.6 Å². The van der Waals surface area contributed by atoms with Crippen LogP contribution in [0, 0.1) is 11.3 Å². The number of carbonyl (C=O) groups excluding carboxylic acids is 1. The van der Waals surface area contributed by atoms with Crippen molar-refractivity contribution in [2.24, 2.45) is 7.05 Å². The predicted octanol–water partition coefficient (Wildman–Crippen LogP) is 1.61. The van der Waals surface area contributed by atoms with Gasteiger partial charge in [-0.15, -0.1) is 0 Å². The van der Waals surface area contributed by atoms with Gasteiger partial charge in [0.1, 0.15) is 22.9 Å². The average Bonchev–Trinajstić information content (AvgIpc) is 2.68. The van der Waals surface area contributed by atoms with E-state index >= 15 is 0 Å². The topological polar surface area (TPSA) is 112 Å². The van der Waals surface area contributed by atoms with Crippen LogP contribution < -0.4 is 10.5 Å². The standard InChI is InChI=1S/C21H27N5O4/c1-13-10-26(15(12-27)11-25(13)20(29)30-21(2,3)4)17-8-18(28)24(5)16-7-6-14(9-22)23-19(16)17/h6-8,13,15,27H,10-12H2,1-5H3/t13-,15-/m1/s1. The Bertz CT molecular complexity index is 1070. The smallest absolute Gasteiger partial charge is 0.410 e. The van der Waals surface area contributed by atoms with Crippen LogP contribution in [0.5, 0.6) is 0 Å². The fraction of sp³-hybridized carbons (Fsp3) is 0.524. The number of rotatable bonds is 2. The second kappa shape index (κ2) is 7.95. The van der Waals surface area contributed by atoms with Gasteiger partial charge in [-0.2, -0.15) is 5.26 Å². The van der Waals surface area contributed by atoms with Gasteiger partial charge in [0.15, 0.2) is 0 Å². The molecule has 0 unspecified atom stereocenters. The number of ether oxygens (including phenoxy) is 1. The number of piperazine rings is 1. The molecule has 0 aliphatic carbocycles. The summed E-state index contributed by atoms with van der Waals surface area (Å²) >= 11 is 0. The zero-order valence-corrected chi connectivity index (χ0v) is 17.9. The quantitative estimate of drug-likeness (QED) is 0.796. The molecule has 1 saturated heterocycles. The number of hydrogen-bond donors (Lipinski definition) is 1. The Labute approximate surface area is 175 Å². The van der Waals surface area contributed by atoms with Crippen molar-refractivity contribution in [3.8, 4) is 6.07 Å². The number of carbonyl (C=O) groups is 1. The number of anilines is 1. The zero-order valence-electron chi connectivity index (χ0n) is 17.9. The molecule has 0 spiro atoms. The predicted molar refractivity (Wildman–Crippen MR) is 112 cm³/mol. The largest absolute Gasteiger partial charge is 0.444 e. The number of aromatic nitrogens is 2. The number of amides is 1. The van der Waals surface area contributed by atoms with Gasteiger partial charge >= 0.3 is 6.09 Å². The van der Waals surface area contributed by atoms with Gasteiger partial charge in [0, 0.05) is 32.2 Å². The number of nitriles is 1. The first-order valence-electron chi connectivity index (χ1n) is 9.83. The normalized spacial score (nSPS) is 19.6. The minimum absolute atomic E-state index is 0.220. The highest BCUT2D eigenvalue weighted by Gasteiger charge is 2.37. The summed E-state index contributed by atoms with van der Waals surface area (Å²) in [6.45, 7) is 7.70. The van der Waals surface area contributed by atoms with Gasteiger partial charge in [-0.25, -0.2) is 9.78 Å². The van der Waals surface area contributed by atoms with Crippen LogP contribution in [-0.2, 0) is 11.8 Å². The molecule has 2 aromatic rings. The fourth-order valence-corrected chi connectivity index (χ4v) is 3.66. The first-order chi connectivity index (χ1) is 14.1. The van der Waals surface area contributed by atoms with Crippen LogP contribution in [0.2, 0.25) is 0 Å². The van der Waals surface area contributed by atoms with Gasteiger partial charge in [-0.1, -0.05) is 0 Å². The fourth-order valence-electron chi connectivity index (χ4n) is 3.66. The first kappa shape index (κ1) is 21.6. The Morgan fingerprint density at radius 2 is 2.07 bits per heavy atom. The van der Waals surface area contributed by atoms with E-state index in [1.54, 1.807) is 44.9 Å². The lowest BCUT2D eigenvalue weighted by molar-refractivity contribution is 0.0103. The number of hydrogen-bond acceptors (Lipinski definition) is 7. The van der Waals surface area contributed by atoms with Crippen molar-refractivity contribution in [1.82, 2.24) is 14.5 Å². The maximum Gasteiger partial charge on any atom is 0.410 e. The number of pyridine rings is 2. The zero-order chi connectivity index (χ0) is 22.2. The maximum atomic E-state index is 12.6. The lowest BCUT2D eigenvalue weighted by Crippen LogP contribution is -2.61. The van der Waals surface area contributed by atoms with Crippen LogP contribution >= 0.6 is 0 Å². The molecule has 2 atom stereocenters. The third kappa shape index (κ3) is 4.09. The van der Waals surface area contributed by atoms with Crippen LogP contribution in [0.1, 0.15) is 33.4 Å². The van der Waals surface area contributed by atoms with Gasteiger partial charge in [-0.05, 0) is 39.8 Å². The van der Waals surface area contributed by atoms with Crippen molar-refractivity contribution in [2.45, 2.75) is 45.4 Å². The minimum atomic E-state index is -0.623. The minimum Gasteiger partial charge on any atom is -0.444 e. The van der Waals surface area contributed by atoms with Crippen LogP contribution in [0.4, 0.5) is 10.5 Å². The lowest BCUT2D eigenvalue weighted by Gasteiger charge is -2.45. The molecule has 1 amide bonds. The molecular weight excluding hydrogens is 386 g/mol. The summed E-state index contributed by atoms with van der Waals surface area (Å²) in [5, 5.41) is 19.3. The Morgan fingerprint density at radius 1 is 1.37 bits per heavy atom. The summed E-state index contributed by atoms with van der Waals surface area (Å²) in [5.74, 6) is 0. The average molecular weight is 413 g/mol. The second-order valence-corrected chi connectivity index (χ2v) is 8.57. The number of aliphatic hydroxyl groups is 1. The van der Waals surface area contributed by atoms with E-state index in [9.17, 15) is 20.0 Å². The van der Waals surface area contributed by atoms with Gasteiger partial charge < -0.3 is 24.2 Å². The summed E-state index contributed by atoms with van der Waals surface area (Å²) in [4.78, 5) is 33.1. The molecule has 160 valence electrons.